The van der Waals surface area contributed by atoms with Crippen molar-refractivity contribution in [2.24, 2.45) is 0 Å². The lowest BCUT2D eigenvalue weighted by molar-refractivity contribution is 0.636. The maximum Gasteiger partial charge on any atom is 0.170 e. The Morgan fingerprint density at radius 1 is 1.25 bits per heavy atom. The van der Waals surface area contributed by atoms with Gasteiger partial charge in [0.15, 0.2) is 4.34 Å². The van der Waals surface area contributed by atoms with Crippen molar-refractivity contribution in [1.82, 2.24) is 14.7 Å². The molecule has 0 amide bonds. The zero-order chi connectivity index (χ0) is 11.6. The monoisotopic (exact) mass is 259 g/mol. The van der Waals surface area contributed by atoms with Gasteiger partial charge in [0.25, 0.3) is 0 Å². The number of aryl methyl sites for hydroxylation is 1. The normalized spacial score (nSPS) is 10.9. The molecule has 0 radical (unpaired) electrons. The Balaban J connectivity index is 1.98. The number of nitrogens with zero attached hydrogens (tertiary/aromatic N) is 2. The summed E-state index contributed by atoms with van der Waals surface area (Å²) in [5.74, 6) is 2.06. The molecule has 5 heteroatoms. The highest BCUT2D eigenvalue weighted by Gasteiger charge is 2.01. The van der Waals surface area contributed by atoms with Crippen LogP contribution in [0.4, 0.5) is 0 Å². The molecular weight excluding hydrogens is 238 g/mol. The Hall–Kier alpha value is -0.130. The first-order valence-corrected chi connectivity index (χ1v) is 7.78. The quantitative estimate of drug-likeness (QED) is 0.546. The Morgan fingerprint density at radius 2 is 2.12 bits per heavy atom. The molecule has 1 aromatic rings. The number of thioether (sulfide) groups is 1. The number of hydrogen-bond donors (Lipinski definition) is 1. The van der Waals surface area contributed by atoms with E-state index in [1.165, 1.54) is 30.8 Å². The maximum absolute atomic E-state index is 4.42. The minimum atomic E-state index is 0.937. The zero-order valence-corrected chi connectivity index (χ0v) is 11.8. The lowest BCUT2D eigenvalue weighted by Gasteiger charge is -2.02. The molecule has 1 N–H and O–H groups in total. The van der Waals surface area contributed by atoms with Crippen LogP contribution < -0.4 is 5.32 Å². The van der Waals surface area contributed by atoms with Crippen LogP contribution >= 0.6 is 23.3 Å². The van der Waals surface area contributed by atoms with Gasteiger partial charge in [-0.2, -0.15) is 4.37 Å². The molecule has 0 atom stereocenters. The highest BCUT2D eigenvalue weighted by molar-refractivity contribution is 8.00. The van der Waals surface area contributed by atoms with Gasteiger partial charge in [-0.25, -0.2) is 4.98 Å². The third-order valence-electron chi connectivity index (χ3n) is 2.23. The number of hydrogen-bond acceptors (Lipinski definition) is 5. The highest BCUT2D eigenvalue weighted by Crippen LogP contribution is 2.19. The average Bonchev–Trinajstić information content (AvgIpc) is 2.76. The number of nitrogens with one attached hydrogen (secondary N) is 1. The van der Waals surface area contributed by atoms with Crippen LogP contribution in [0.1, 0.15) is 38.9 Å². The van der Waals surface area contributed by atoms with Gasteiger partial charge in [-0.05, 0) is 24.5 Å². The standard InChI is InChI=1S/C11H21N3S2/c1-3-5-6-7-12-8-9-15-11-13-10(4-2)14-16-11/h12H,3-9H2,1-2H3. The molecule has 92 valence electrons. The molecule has 0 aliphatic heterocycles. The van der Waals surface area contributed by atoms with E-state index in [-0.39, 0.29) is 0 Å². The average molecular weight is 259 g/mol. The largest absolute Gasteiger partial charge is 0.316 e. The summed E-state index contributed by atoms with van der Waals surface area (Å²) < 4.78 is 5.37. The Labute approximate surface area is 107 Å². The first-order valence-electron chi connectivity index (χ1n) is 6.03. The van der Waals surface area contributed by atoms with Crippen molar-refractivity contribution in [3.05, 3.63) is 5.82 Å². The van der Waals surface area contributed by atoms with Crippen molar-refractivity contribution in [3.63, 3.8) is 0 Å². The van der Waals surface area contributed by atoms with Crippen LogP contribution in [0.3, 0.4) is 0 Å². The van der Waals surface area contributed by atoms with E-state index in [0.717, 1.165) is 35.4 Å². The molecule has 0 bridgehead atoms. The van der Waals surface area contributed by atoms with E-state index in [0.29, 0.717) is 0 Å². The minimum absolute atomic E-state index is 0.937. The zero-order valence-electron chi connectivity index (χ0n) is 10.2. The first-order chi connectivity index (χ1) is 7.86. The van der Waals surface area contributed by atoms with E-state index in [1.54, 1.807) is 11.8 Å². The van der Waals surface area contributed by atoms with Gasteiger partial charge in [0.2, 0.25) is 0 Å². The van der Waals surface area contributed by atoms with E-state index in [1.807, 2.05) is 0 Å². The number of rotatable bonds is 9. The van der Waals surface area contributed by atoms with Crippen LogP contribution in [0.25, 0.3) is 0 Å². The minimum Gasteiger partial charge on any atom is -0.316 e. The molecule has 0 fully saturated rings. The van der Waals surface area contributed by atoms with Gasteiger partial charge in [-0.3, -0.25) is 0 Å². The molecule has 0 unspecified atom stereocenters. The van der Waals surface area contributed by atoms with Gasteiger partial charge in [-0.15, -0.1) is 0 Å². The number of aromatic nitrogens is 2. The summed E-state index contributed by atoms with van der Waals surface area (Å²) in [4.78, 5) is 4.42. The lowest BCUT2D eigenvalue weighted by Crippen LogP contribution is -2.18. The van der Waals surface area contributed by atoms with Crippen LogP contribution in [0.2, 0.25) is 0 Å². The second-order valence-corrected chi connectivity index (χ2v) is 5.73. The fourth-order valence-corrected chi connectivity index (χ4v) is 2.94. The molecular formula is C11H21N3S2. The van der Waals surface area contributed by atoms with Gasteiger partial charge in [0, 0.05) is 18.7 Å². The van der Waals surface area contributed by atoms with Crippen molar-refractivity contribution in [3.8, 4) is 0 Å². The lowest BCUT2D eigenvalue weighted by atomic mass is 10.2. The van der Waals surface area contributed by atoms with Crippen molar-refractivity contribution < 1.29 is 0 Å². The molecule has 0 aromatic carbocycles. The molecule has 0 spiro atoms. The highest BCUT2D eigenvalue weighted by atomic mass is 32.2. The molecule has 16 heavy (non-hydrogen) atoms. The van der Waals surface area contributed by atoms with Gasteiger partial charge < -0.3 is 5.32 Å². The summed E-state index contributed by atoms with van der Waals surface area (Å²) in [6.45, 7) is 6.53. The summed E-state index contributed by atoms with van der Waals surface area (Å²) in [5, 5.41) is 3.45. The fraction of sp³-hybridized carbons (Fsp3) is 0.818. The molecule has 0 saturated heterocycles. The third-order valence-corrected chi connectivity index (χ3v) is 4.10. The summed E-state index contributed by atoms with van der Waals surface area (Å²) in [6, 6.07) is 0. The van der Waals surface area contributed by atoms with Gasteiger partial charge in [-0.1, -0.05) is 38.5 Å². The second kappa shape index (κ2) is 8.96. The van der Waals surface area contributed by atoms with Crippen LogP contribution in [0.5, 0.6) is 0 Å². The molecule has 1 aromatic heterocycles. The van der Waals surface area contributed by atoms with E-state index >= 15 is 0 Å². The van der Waals surface area contributed by atoms with Crippen LogP contribution in [-0.2, 0) is 6.42 Å². The first kappa shape index (κ1) is 13.9. The van der Waals surface area contributed by atoms with Gasteiger partial charge >= 0.3 is 0 Å². The second-order valence-electron chi connectivity index (χ2n) is 3.64. The van der Waals surface area contributed by atoms with Crippen LogP contribution in [0.15, 0.2) is 4.34 Å². The van der Waals surface area contributed by atoms with E-state index in [9.17, 15) is 0 Å². The van der Waals surface area contributed by atoms with Gasteiger partial charge in [0.05, 0.1) is 0 Å². The smallest absolute Gasteiger partial charge is 0.170 e. The summed E-state index contributed by atoms with van der Waals surface area (Å²) in [7, 11) is 0. The Bertz CT molecular complexity index is 276. The van der Waals surface area contributed by atoms with Crippen LogP contribution in [0, 0.1) is 0 Å². The molecule has 1 heterocycles. The SMILES string of the molecule is CCCCCNCCSc1nc(CC)ns1. The van der Waals surface area contributed by atoms with E-state index in [4.69, 9.17) is 0 Å². The topological polar surface area (TPSA) is 37.8 Å². The summed E-state index contributed by atoms with van der Waals surface area (Å²) in [5.41, 5.74) is 0. The molecule has 0 aliphatic carbocycles. The summed E-state index contributed by atoms with van der Waals surface area (Å²) >= 11 is 3.32. The summed E-state index contributed by atoms with van der Waals surface area (Å²) in [6.07, 6.45) is 4.85. The maximum atomic E-state index is 4.42. The number of unbranched alkanes of at least 4 members (excludes halogenated alkanes) is 2. The van der Waals surface area contributed by atoms with E-state index in [2.05, 4.69) is 28.5 Å². The van der Waals surface area contributed by atoms with Gasteiger partial charge in [0.1, 0.15) is 5.82 Å². The van der Waals surface area contributed by atoms with Crippen molar-refractivity contribution in [2.75, 3.05) is 18.8 Å². The fourth-order valence-electron chi connectivity index (χ4n) is 1.28. The van der Waals surface area contributed by atoms with Crippen molar-refractivity contribution >= 4 is 23.3 Å². The molecule has 0 aliphatic rings. The van der Waals surface area contributed by atoms with Crippen molar-refractivity contribution in [1.29, 1.82) is 0 Å². The Morgan fingerprint density at radius 3 is 2.81 bits per heavy atom. The molecule has 0 saturated carbocycles. The predicted molar refractivity (Wildman–Crippen MR) is 72.4 cm³/mol. The van der Waals surface area contributed by atoms with Crippen LogP contribution in [-0.4, -0.2) is 28.2 Å². The third kappa shape index (κ3) is 5.82. The predicted octanol–water partition coefficient (Wildman–Crippen LogP) is 2.97. The molecule has 3 nitrogen and oxygen atoms in total. The van der Waals surface area contributed by atoms with E-state index < -0.39 is 0 Å². The van der Waals surface area contributed by atoms with Crippen molar-refractivity contribution in [2.45, 2.75) is 43.9 Å². The Kier molecular flexibility index (Phi) is 7.80. The molecule has 1 rings (SSSR count).